The Bertz CT molecular complexity index is 416. The fraction of sp³-hybridized carbons (Fsp3) is 0.778. The van der Waals surface area contributed by atoms with Crippen LogP contribution in [0.1, 0.15) is 57.1 Å². The lowest BCUT2D eigenvalue weighted by Crippen LogP contribution is -2.23. The number of nitrogens with one attached hydrogen (secondary N) is 1. The average Bonchev–Trinajstić information content (AvgIpc) is 3.00. The van der Waals surface area contributed by atoms with E-state index in [0.717, 1.165) is 12.5 Å². The van der Waals surface area contributed by atoms with Crippen LogP contribution in [-0.4, -0.2) is 35.6 Å². The third-order valence-corrected chi connectivity index (χ3v) is 4.93. The van der Waals surface area contributed by atoms with Crippen LogP contribution >= 0.6 is 0 Å². The van der Waals surface area contributed by atoms with E-state index in [2.05, 4.69) is 40.2 Å². The molecule has 1 unspecified atom stereocenters. The number of aromatic nitrogens is 1. The third-order valence-electron chi connectivity index (χ3n) is 4.93. The number of likely N-dealkylation sites (tertiary alicyclic amines) is 1. The molecule has 2 heterocycles. The first kappa shape index (κ1) is 15.1. The van der Waals surface area contributed by atoms with Gasteiger partial charge in [-0.25, -0.2) is 0 Å². The van der Waals surface area contributed by atoms with Crippen LogP contribution in [0, 0.1) is 5.92 Å². The maximum atomic E-state index is 3.74. The summed E-state index contributed by atoms with van der Waals surface area (Å²) in [5.41, 5.74) is 1.51. The van der Waals surface area contributed by atoms with Crippen molar-refractivity contribution in [3.05, 3.63) is 24.0 Å². The molecule has 118 valence electrons. The molecule has 0 radical (unpaired) electrons. The Hall–Kier alpha value is -0.800. The van der Waals surface area contributed by atoms with Gasteiger partial charge in [0.1, 0.15) is 0 Å². The van der Waals surface area contributed by atoms with Crippen LogP contribution in [0.4, 0.5) is 0 Å². The summed E-state index contributed by atoms with van der Waals surface area (Å²) in [6, 6.07) is 2.94. The van der Waals surface area contributed by atoms with E-state index in [1.807, 2.05) is 0 Å². The van der Waals surface area contributed by atoms with Crippen molar-refractivity contribution in [3.63, 3.8) is 0 Å². The standard InChI is InChI=1S/C18H31N3/c1-2-9-19-18(16-6-7-16)17-8-14-21(15-17)13-5-12-20-10-3-4-11-20/h8,14-16,18-19H,2-7,9-13H2,1H3. The van der Waals surface area contributed by atoms with Crippen molar-refractivity contribution in [2.45, 2.75) is 58.0 Å². The topological polar surface area (TPSA) is 20.2 Å². The van der Waals surface area contributed by atoms with Crippen LogP contribution in [0.5, 0.6) is 0 Å². The van der Waals surface area contributed by atoms with E-state index in [-0.39, 0.29) is 0 Å². The van der Waals surface area contributed by atoms with Gasteiger partial charge in [-0.05, 0) is 82.3 Å². The van der Waals surface area contributed by atoms with E-state index in [0.29, 0.717) is 6.04 Å². The normalized spacial score (nSPS) is 21.0. The van der Waals surface area contributed by atoms with Gasteiger partial charge >= 0.3 is 0 Å². The van der Waals surface area contributed by atoms with Crippen molar-refractivity contribution in [1.29, 1.82) is 0 Å². The van der Waals surface area contributed by atoms with Gasteiger partial charge in [0.15, 0.2) is 0 Å². The number of hydrogen-bond donors (Lipinski definition) is 1. The van der Waals surface area contributed by atoms with E-state index in [4.69, 9.17) is 0 Å². The Labute approximate surface area is 129 Å². The van der Waals surface area contributed by atoms with Crippen molar-refractivity contribution in [2.75, 3.05) is 26.2 Å². The minimum absolute atomic E-state index is 0.602. The summed E-state index contributed by atoms with van der Waals surface area (Å²) in [6.45, 7) is 8.47. The highest BCUT2D eigenvalue weighted by molar-refractivity contribution is 5.18. The van der Waals surface area contributed by atoms with Crippen LogP contribution in [-0.2, 0) is 6.54 Å². The van der Waals surface area contributed by atoms with E-state index in [9.17, 15) is 0 Å². The minimum Gasteiger partial charge on any atom is -0.354 e. The SMILES string of the molecule is CCCNC(c1ccn(CCCN2CCCC2)c1)C1CC1. The smallest absolute Gasteiger partial charge is 0.0363 e. The largest absolute Gasteiger partial charge is 0.354 e. The minimum atomic E-state index is 0.602. The summed E-state index contributed by atoms with van der Waals surface area (Å²) in [6.07, 6.45) is 12.8. The van der Waals surface area contributed by atoms with Gasteiger partial charge in [0.05, 0.1) is 0 Å². The van der Waals surface area contributed by atoms with E-state index in [1.165, 1.54) is 70.3 Å². The summed E-state index contributed by atoms with van der Waals surface area (Å²) in [4.78, 5) is 2.61. The fourth-order valence-electron chi connectivity index (χ4n) is 3.55. The molecule has 0 amide bonds. The summed E-state index contributed by atoms with van der Waals surface area (Å²) in [7, 11) is 0. The number of aryl methyl sites for hydroxylation is 1. The maximum absolute atomic E-state index is 3.74. The molecule has 21 heavy (non-hydrogen) atoms. The summed E-state index contributed by atoms with van der Waals surface area (Å²) in [5, 5.41) is 3.74. The van der Waals surface area contributed by atoms with Crippen LogP contribution in [0.2, 0.25) is 0 Å². The molecule has 1 aliphatic carbocycles. The second-order valence-corrected chi connectivity index (χ2v) is 6.85. The molecule has 3 heteroatoms. The van der Waals surface area contributed by atoms with E-state index >= 15 is 0 Å². The molecule has 1 saturated carbocycles. The zero-order valence-corrected chi connectivity index (χ0v) is 13.6. The Morgan fingerprint density at radius 2 is 2.05 bits per heavy atom. The van der Waals surface area contributed by atoms with Crippen LogP contribution < -0.4 is 5.32 Å². The van der Waals surface area contributed by atoms with Gasteiger partial charge in [0, 0.05) is 25.0 Å². The van der Waals surface area contributed by atoms with Gasteiger partial charge in [0.2, 0.25) is 0 Å². The molecule has 1 N–H and O–H groups in total. The Morgan fingerprint density at radius 3 is 2.76 bits per heavy atom. The lowest BCUT2D eigenvalue weighted by Gasteiger charge is -2.17. The molecule has 1 aromatic heterocycles. The fourth-order valence-corrected chi connectivity index (χ4v) is 3.55. The molecule has 2 fully saturated rings. The maximum Gasteiger partial charge on any atom is 0.0363 e. The Balaban J connectivity index is 1.47. The second-order valence-electron chi connectivity index (χ2n) is 6.85. The van der Waals surface area contributed by atoms with Crippen molar-refractivity contribution in [3.8, 4) is 0 Å². The Morgan fingerprint density at radius 1 is 1.24 bits per heavy atom. The van der Waals surface area contributed by atoms with E-state index in [1.54, 1.807) is 0 Å². The summed E-state index contributed by atoms with van der Waals surface area (Å²) >= 11 is 0. The van der Waals surface area contributed by atoms with Crippen molar-refractivity contribution >= 4 is 0 Å². The Kier molecular flexibility index (Phi) is 5.37. The van der Waals surface area contributed by atoms with Crippen molar-refractivity contribution in [2.24, 2.45) is 5.92 Å². The molecule has 1 saturated heterocycles. The highest BCUT2D eigenvalue weighted by Crippen LogP contribution is 2.41. The van der Waals surface area contributed by atoms with Crippen LogP contribution in [0.15, 0.2) is 18.5 Å². The predicted octanol–water partition coefficient (Wildman–Crippen LogP) is 3.42. The molecular formula is C18H31N3. The quantitative estimate of drug-likeness (QED) is 0.751. The summed E-state index contributed by atoms with van der Waals surface area (Å²) in [5.74, 6) is 0.886. The van der Waals surface area contributed by atoms with Gasteiger partial charge in [-0.15, -0.1) is 0 Å². The molecule has 1 aromatic rings. The molecule has 0 bridgehead atoms. The zero-order chi connectivity index (χ0) is 14.5. The highest BCUT2D eigenvalue weighted by Gasteiger charge is 2.32. The number of nitrogens with zero attached hydrogens (tertiary/aromatic N) is 2. The van der Waals surface area contributed by atoms with Crippen LogP contribution in [0.3, 0.4) is 0 Å². The van der Waals surface area contributed by atoms with E-state index < -0.39 is 0 Å². The number of rotatable bonds is 9. The molecule has 3 nitrogen and oxygen atoms in total. The van der Waals surface area contributed by atoms with Crippen molar-refractivity contribution < 1.29 is 0 Å². The first-order valence-corrected chi connectivity index (χ1v) is 8.98. The van der Waals surface area contributed by atoms with Gasteiger partial charge in [-0.3, -0.25) is 0 Å². The molecular weight excluding hydrogens is 258 g/mol. The van der Waals surface area contributed by atoms with Gasteiger partial charge < -0.3 is 14.8 Å². The average molecular weight is 289 g/mol. The monoisotopic (exact) mass is 289 g/mol. The third kappa shape index (κ3) is 4.33. The molecule has 0 spiro atoms. The molecule has 3 rings (SSSR count). The highest BCUT2D eigenvalue weighted by atomic mass is 15.1. The van der Waals surface area contributed by atoms with Gasteiger partial charge in [0.25, 0.3) is 0 Å². The molecule has 1 aliphatic heterocycles. The first-order chi connectivity index (χ1) is 10.4. The van der Waals surface area contributed by atoms with Crippen molar-refractivity contribution in [1.82, 2.24) is 14.8 Å². The summed E-state index contributed by atoms with van der Waals surface area (Å²) < 4.78 is 2.40. The zero-order valence-electron chi connectivity index (χ0n) is 13.6. The first-order valence-electron chi connectivity index (χ1n) is 8.98. The van der Waals surface area contributed by atoms with Gasteiger partial charge in [-0.1, -0.05) is 6.92 Å². The lowest BCUT2D eigenvalue weighted by molar-refractivity contribution is 0.325. The molecule has 1 atom stereocenters. The molecule has 2 aliphatic rings. The number of hydrogen-bond acceptors (Lipinski definition) is 2. The van der Waals surface area contributed by atoms with Crippen LogP contribution in [0.25, 0.3) is 0 Å². The molecule has 0 aromatic carbocycles. The lowest BCUT2D eigenvalue weighted by atomic mass is 10.1. The predicted molar refractivity (Wildman–Crippen MR) is 88.5 cm³/mol. The second kappa shape index (κ2) is 7.46. The van der Waals surface area contributed by atoms with Gasteiger partial charge in [-0.2, -0.15) is 0 Å².